The standard InChI is InChI=1S/C21H18N4O/c1-13-4-2-5-18(22-13)21-20(19-6-3-11-25(19)24-21)17-9-7-14-12-15(26)8-10-16(14)23-17/h2,4-5,7-10,12,26H,3,6,11H2,1H3. The van der Waals surface area contributed by atoms with Crippen molar-refractivity contribution in [1.82, 2.24) is 19.7 Å². The Balaban J connectivity index is 1.75. The van der Waals surface area contributed by atoms with Crippen LogP contribution in [0.25, 0.3) is 33.5 Å². The van der Waals surface area contributed by atoms with E-state index in [2.05, 4.69) is 9.67 Å². The van der Waals surface area contributed by atoms with Crippen LogP contribution in [0.5, 0.6) is 5.75 Å². The summed E-state index contributed by atoms with van der Waals surface area (Å²) in [6.45, 7) is 2.93. The van der Waals surface area contributed by atoms with Crippen LogP contribution >= 0.6 is 0 Å². The summed E-state index contributed by atoms with van der Waals surface area (Å²) in [5.41, 5.74) is 6.84. The van der Waals surface area contributed by atoms with Gasteiger partial charge in [0.15, 0.2) is 0 Å². The van der Waals surface area contributed by atoms with Gasteiger partial charge in [-0.1, -0.05) is 12.1 Å². The van der Waals surface area contributed by atoms with Gasteiger partial charge in [-0.25, -0.2) is 4.98 Å². The molecule has 5 nitrogen and oxygen atoms in total. The van der Waals surface area contributed by atoms with E-state index >= 15 is 0 Å². The summed E-state index contributed by atoms with van der Waals surface area (Å²) in [6.07, 6.45) is 2.11. The fourth-order valence-electron chi connectivity index (χ4n) is 3.71. The number of hydrogen-bond donors (Lipinski definition) is 1. The van der Waals surface area contributed by atoms with Crippen LogP contribution in [0, 0.1) is 6.92 Å². The predicted octanol–water partition coefficient (Wildman–Crippen LogP) is 4.12. The van der Waals surface area contributed by atoms with E-state index in [1.165, 1.54) is 5.69 Å². The molecule has 1 aliphatic heterocycles. The van der Waals surface area contributed by atoms with E-state index in [-0.39, 0.29) is 5.75 Å². The Labute approximate surface area is 151 Å². The summed E-state index contributed by atoms with van der Waals surface area (Å²) in [6, 6.07) is 15.3. The number of aryl methyl sites for hydroxylation is 2. The minimum atomic E-state index is 0.253. The third-order valence-corrected chi connectivity index (χ3v) is 4.90. The molecule has 0 spiro atoms. The van der Waals surface area contributed by atoms with Crippen LogP contribution in [0.2, 0.25) is 0 Å². The van der Waals surface area contributed by atoms with Crippen LogP contribution in [-0.4, -0.2) is 24.9 Å². The molecule has 5 rings (SSSR count). The SMILES string of the molecule is Cc1cccc(-c2nn3c(c2-c2ccc4cc(O)ccc4n2)CCC3)n1. The number of phenolic OH excluding ortho intramolecular Hbond substituents is 1. The summed E-state index contributed by atoms with van der Waals surface area (Å²) < 4.78 is 2.09. The molecule has 26 heavy (non-hydrogen) atoms. The number of aromatic nitrogens is 4. The topological polar surface area (TPSA) is 63.8 Å². The van der Waals surface area contributed by atoms with Crippen molar-refractivity contribution in [3.8, 4) is 28.4 Å². The second-order valence-corrected chi connectivity index (χ2v) is 6.73. The van der Waals surface area contributed by atoms with Crippen LogP contribution in [0.4, 0.5) is 0 Å². The molecule has 1 aliphatic rings. The van der Waals surface area contributed by atoms with Crippen LogP contribution < -0.4 is 0 Å². The highest BCUT2D eigenvalue weighted by atomic mass is 16.3. The normalized spacial score (nSPS) is 13.3. The zero-order chi connectivity index (χ0) is 17.7. The second-order valence-electron chi connectivity index (χ2n) is 6.73. The molecule has 0 bridgehead atoms. The van der Waals surface area contributed by atoms with E-state index in [9.17, 15) is 5.11 Å². The lowest BCUT2D eigenvalue weighted by Crippen LogP contribution is -1.95. The average molecular weight is 342 g/mol. The van der Waals surface area contributed by atoms with Gasteiger partial charge in [-0.2, -0.15) is 5.10 Å². The third kappa shape index (κ3) is 2.36. The lowest BCUT2D eigenvalue weighted by molar-refractivity contribution is 0.476. The molecule has 0 atom stereocenters. The third-order valence-electron chi connectivity index (χ3n) is 4.90. The van der Waals surface area contributed by atoms with Crippen molar-refractivity contribution >= 4 is 10.9 Å². The molecule has 4 aromatic rings. The van der Waals surface area contributed by atoms with Gasteiger partial charge < -0.3 is 5.11 Å². The molecular weight excluding hydrogens is 324 g/mol. The molecule has 0 saturated carbocycles. The first-order chi connectivity index (χ1) is 12.7. The summed E-state index contributed by atoms with van der Waals surface area (Å²) in [5.74, 6) is 0.253. The van der Waals surface area contributed by atoms with Crippen molar-refractivity contribution in [2.24, 2.45) is 0 Å². The first-order valence-corrected chi connectivity index (χ1v) is 8.83. The van der Waals surface area contributed by atoms with Crippen molar-refractivity contribution in [1.29, 1.82) is 0 Å². The Morgan fingerprint density at radius 2 is 1.92 bits per heavy atom. The number of aromatic hydroxyl groups is 1. The molecule has 0 unspecified atom stereocenters. The Bertz CT molecular complexity index is 1150. The summed E-state index contributed by atoms with van der Waals surface area (Å²) in [5, 5.41) is 15.5. The summed E-state index contributed by atoms with van der Waals surface area (Å²) in [7, 11) is 0. The number of rotatable bonds is 2. The molecule has 4 heterocycles. The minimum absolute atomic E-state index is 0.253. The average Bonchev–Trinajstić information content (AvgIpc) is 3.22. The van der Waals surface area contributed by atoms with Gasteiger partial charge in [0.1, 0.15) is 11.4 Å². The van der Waals surface area contributed by atoms with Gasteiger partial charge in [0.25, 0.3) is 0 Å². The van der Waals surface area contributed by atoms with Gasteiger partial charge >= 0.3 is 0 Å². The molecule has 0 amide bonds. The van der Waals surface area contributed by atoms with Crippen molar-refractivity contribution in [2.75, 3.05) is 0 Å². The molecule has 0 saturated heterocycles. The lowest BCUT2D eigenvalue weighted by Gasteiger charge is -2.07. The molecule has 128 valence electrons. The summed E-state index contributed by atoms with van der Waals surface area (Å²) in [4.78, 5) is 9.53. The van der Waals surface area contributed by atoms with Crippen LogP contribution in [0.1, 0.15) is 17.8 Å². The summed E-state index contributed by atoms with van der Waals surface area (Å²) >= 11 is 0. The van der Waals surface area contributed by atoms with Crippen molar-refractivity contribution in [3.05, 3.63) is 59.9 Å². The Morgan fingerprint density at radius 3 is 2.81 bits per heavy atom. The van der Waals surface area contributed by atoms with E-state index in [1.807, 2.05) is 43.3 Å². The van der Waals surface area contributed by atoms with Gasteiger partial charge in [-0.05, 0) is 56.2 Å². The fraction of sp³-hybridized carbons (Fsp3) is 0.190. The number of hydrogen-bond acceptors (Lipinski definition) is 4. The van der Waals surface area contributed by atoms with Crippen LogP contribution in [-0.2, 0) is 13.0 Å². The Kier molecular flexibility index (Phi) is 3.28. The zero-order valence-electron chi connectivity index (χ0n) is 14.5. The largest absolute Gasteiger partial charge is 0.508 e. The van der Waals surface area contributed by atoms with E-state index in [4.69, 9.17) is 10.1 Å². The monoisotopic (exact) mass is 342 g/mol. The van der Waals surface area contributed by atoms with Gasteiger partial charge in [-0.15, -0.1) is 0 Å². The molecular formula is C21H18N4O. The first-order valence-electron chi connectivity index (χ1n) is 8.83. The van der Waals surface area contributed by atoms with E-state index in [0.29, 0.717) is 0 Å². The quantitative estimate of drug-likeness (QED) is 0.595. The second kappa shape index (κ2) is 5.66. The van der Waals surface area contributed by atoms with E-state index in [0.717, 1.165) is 58.6 Å². The number of fused-ring (bicyclic) bond motifs is 2. The molecule has 1 aromatic carbocycles. The smallest absolute Gasteiger partial charge is 0.120 e. The highest BCUT2D eigenvalue weighted by Gasteiger charge is 2.25. The lowest BCUT2D eigenvalue weighted by atomic mass is 10.0. The van der Waals surface area contributed by atoms with E-state index < -0.39 is 0 Å². The van der Waals surface area contributed by atoms with Crippen LogP contribution in [0.3, 0.4) is 0 Å². The molecule has 3 aromatic heterocycles. The number of pyridine rings is 2. The highest BCUT2D eigenvalue weighted by Crippen LogP contribution is 2.36. The maximum atomic E-state index is 9.68. The molecule has 0 aliphatic carbocycles. The Hall–Kier alpha value is -3.21. The fourth-order valence-corrected chi connectivity index (χ4v) is 3.71. The molecule has 5 heteroatoms. The van der Waals surface area contributed by atoms with Crippen molar-refractivity contribution in [3.63, 3.8) is 0 Å². The van der Waals surface area contributed by atoms with Crippen molar-refractivity contribution in [2.45, 2.75) is 26.3 Å². The van der Waals surface area contributed by atoms with Gasteiger partial charge in [0, 0.05) is 23.3 Å². The maximum absolute atomic E-state index is 9.68. The maximum Gasteiger partial charge on any atom is 0.120 e. The first kappa shape index (κ1) is 15.1. The number of nitrogens with zero attached hydrogens (tertiary/aromatic N) is 4. The zero-order valence-corrected chi connectivity index (χ0v) is 14.5. The molecule has 0 radical (unpaired) electrons. The van der Waals surface area contributed by atoms with E-state index in [1.54, 1.807) is 12.1 Å². The van der Waals surface area contributed by atoms with Crippen molar-refractivity contribution < 1.29 is 5.11 Å². The molecule has 1 N–H and O–H groups in total. The van der Waals surface area contributed by atoms with Gasteiger partial charge in [0.05, 0.1) is 22.5 Å². The minimum Gasteiger partial charge on any atom is -0.508 e. The highest BCUT2D eigenvalue weighted by molar-refractivity contribution is 5.86. The predicted molar refractivity (Wildman–Crippen MR) is 101 cm³/mol. The van der Waals surface area contributed by atoms with Gasteiger partial charge in [-0.3, -0.25) is 9.67 Å². The molecule has 0 fully saturated rings. The Morgan fingerprint density at radius 1 is 1.00 bits per heavy atom. The van der Waals surface area contributed by atoms with Gasteiger partial charge in [0.2, 0.25) is 0 Å². The number of phenols is 1. The van der Waals surface area contributed by atoms with Crippen LogP contribution in [0.15, 0.2) is 48.5 Å². The number of benzene rings is 1.